The maximum Gasteiger partial charge on any atom is 0.442 e. The van der Waals surface area contributed by atoms with Gasteiger partial charge in [0.15, 0.2) is 9.84 Å². The topological polar surface area (TPSA) is 34.1 Å². The number of hydrogen-bond acceptors (Lipinski definition) is 2. The molecule has 0 radical (unpaired) electrons. The molecule has 0 aromatic heterocycles. The molecule has 0 saturated carbocycles. The lowest BCUT2D eigenvalue weighted by molar-refractivity contribution is -0.108. The molecule has 0 spiro atoms. The van der Waals surface area contributed by atoms with Crippen molar-refractivity contribution < 1.29 is 26.0 Å². The van der Waals surface area contributed by atoms with Crippen LogP contribution in [0.4, 0.5) is 17.6 Å². The molecule has 17 heavy (non-hydrogen) atoms. The molecule has 1 aromatic carbocycles. The monoisotopic (exact) mass is 268 g/mol. The number of halogens is 4. The summed E-state index contributed by atoms with van der Waals surface area (Å²) in [6, 6.07) is 6.88. The first kappa shape index (κ1) is 13.7. The number of sulfone groups is 1. The zero-order valence-electron chi connectivity index (χ0n) is 8.41. The Morgan fingerprint density at radius 2 is 1.71 bits per heavy atom. The van der Waals surface area contributed by atoms with Gasteiger partial charge in [-0.3, -0.25) is 0 Å². The molecule has 1 rings (SSSR count). The number of allylic oxidation sites excluding steroid dienone is 1. The van der Waals surface area contributed by atoms with E-state index >= 15 is 0 Å². The summed E-state index contributed by atoms with van der Waals surface area (Å²) in [5, 5.41) is 0. The van der Waals surface area contributed by atoms with Gasteiger partial charge in [-0.2, -0.15) is 13.2 Å². The molecule has 2 nitrogen and oxygen atoms in total. The van der Waals surface area contributed by atoms with E-state index in [0.29, 0.717) is 0 Å². The van der Waals surface area contributed by atoms with Crippen LogP contribution in [0.3, 0.4) is 0 Å². The summed E-state index contributed by atoms with van der Waals surface area (Å²) in [4.78, 5) is -0.147. The van der Waals surface area contributed by atoms with Crippen molar-refractivity contribution in [3.8, 4) is 0 Å². The van der Waals surface area contributed by atoms with Crippen molar-refractivity contribution in [2.45, 2.75) is 11.1 Å². The zero-order chi connectivity index (χ0) is 13.1. The van der Waals surface area contributed by atoms with Gasteiger partial charge >= 0.3 is 6.18 Å². The molecular weight excluding hydrogens is 260 g/mol. The van der Waals surface area contributed by atoms with Crippen LogP contribution in [0.2, 0.25) is 0 Å². The molecule has 0 aliphatic carbocycles. The van der Waals surface area contributed by atoms with E-state index in [4.69, 9.17) is 0 Å². The van der Waals surface area contributed by atoms with E-state index in [0.717, 1.165) is 0 Å². The Morgan fingerprint density at radius 3 is 2.18 bits per heavy atom. The maximum atomic E-state index is 12.4. The fourth-order valence-corrected chi connectivity index (χ4v) is 2.15. The van der Waals surface area contributed by atoms with Crippen molar-refractivity contribution in [2.75, 3.05) is 5.75 Å². The molecule has 1 aromatic rings. The van der Waals surface area contributed by atoms with E-state index in [9.17, 15) is 26.0 Å². The second-order valence-corrected chi connectivity index (χ2v) is 5.18. The van der Waals surface area contributed by atoms with E-state index in [1.807, 2.05) is 0 Å². The van der Waals surface area contributed by atoms with Crippen LogP contribution < -0.4 is 0 Å². The molecule has 0 heterocycles. The first-order chi connectivity index (χ1) is 7.73. The highest BCUT2D eigenvalue weighted by atomic mass is 32.2. The van der Waals surface area contributed by atoms with Crippen LogP contribution in [-0.2, 0) is 9.84 Å². The predicted octanol–water partition coefficient (Wildman–Crippen LogP) is 2.88. The third-order valence-electron chi connectivity index (χ3n) is 1.86. The van der Waals surface area contributed by atoms with Gasteiger partial charge in [-0.05, 0) is 18.2 Å². The first-order valence-electron chi connectivity index (χ1n) is 4.44. The Kier molecular flexibility index (Phi) is 3.92. The molecule has 0 aliphatic rings. The van der Waals surface area contributed by atoms with Crippen LogP contribution in [0, 0.1) is 0 Å². The molecule has 0 amide bonds. The smallest absolute Gasteiger partial charge is 0.223 e. The van der Waals surface area contributed by atoms with E-state index in [1.54, 1.807) is 6.07 Å². The summed E-state index contributed by atoms with van der Waals surface area (Å²) in [6.45, 7) is 0. The highest BCUT2D eigenvalue weighted by Gasteiger charge is 2.34. The van der Waals surface area contributed by atoms with E-state index < -0.39 is 27.6 Å². The maximum absolute atomic E-state index is 12.4. The minimum atomic E-state index is -5.15. The van der Waals surface area contributed by atoms with Crippen LogP contribution in [0.25, 0.3) is 0 Å². The summed E-state index contributed by atoms with van der Waals surface area (Å²) >= 11 is 0. The summed E-state index contributed by atoms with van der Waals surface area (Å²) < 4.78 is 70.8. The lowest BCUT2D eigenvalue weighted by atomic mass is 10.4. The van der Waals surface area contributed by atoms with Crippen molar-refractivity contribution in [2.24, 2.45) is 0 Å². The second-order valence-electron chi connectivity index (χ2n) is 3.14. The van der Waals surface area contributed by atoms with Crippen LogP contribution in [0.1, 0.15) is 0 Å². The molecule has 94 valence electrons. The van der Waals surface area contributed by atoms with Gasteiger partial charge in [0.2, 0.25) is 5.83 Å². The minimum absolute atomic E-state index is 0.0162. The Hall–Kier alpha value is -1.37. The van der Waals surface area contributed by atoms with E-state index in [1.165, 1.54) is 24.3 Å². The van der Waals surface area contributed by atoms with Gasteiger partial charge in [-0.25, -0.2) is 12.8 Å². The van der Waals surface area contributed by atoms with Gasteiger partial charge in [0.25, 0.3) is 0 Å². The highest BCUT2D eigenvalue weighted by Crippen LogP contribution is 2.26. The van der Waals surface area contributed by atoms with Gasteiger partial charge in [0, 0.05) is 0 Å². The first-order valence-corrected chi connectivity index (χ1v) is 6.09. The van der Waals surface area contributed by atoms with Crippen LogP contribution in [0.15, 0.2) is 47.1 Å². The number of rotatable bonds is 3. The van der Waals surface area contributed by atoms with Gasteiger partial charge in [0.05, 0.1) is 10.6 Å². The molecule has 0 saturated heterocycles. The zero-order valence-corrected chi connectivity index (χ0v) is 9.22. The van der Waals surface area contributed by atoms with Crippen molar-refractivity contribution in [1.82, 2.24) is 0 Å². The molecule has 0 bridgehead atoms. The molecule has 0 fully saturated rings. The number of alkyl halides is 3. The molecule has 0 atom stereocenters. The molecule has 0 N–H and O–H groups in total. The number of benzene rings is 1. The van der Waals surface area contributed by atoms with Crippen LogP contribution >= 0.6 is 0 Å². The van der Waals surface area contributed by atoms with Gasteiger partial charge in [0.1, 0.15) is 0 Å². The summed E-state index contributed by atoms with van der Waals surface area (Å²) in [7, 11) is -3.93. The van der Waals surface area contributed by atoms with Gasteiger partial charge in [-0.1, -0.05) is 18.2 Å². The average molecular weight is 268 g/mol. The molecule has 0 unspecified atom stereocenters. The Balaban J connectivity index is 2.90. The Labute approximate surface area is 95.5 Å². The SMILES string of the molecule is O=S(=O)(CC=C(F)C(F)(F)F)c1ccccc1. The average Bonchev–Trinajstić information content (AvgIpc) is 2.26. The third kappa shape index (κ3) is 3.85. The standard InChI is InChI=1S/C10H8F4O2S/c11-9(10(12,13)14)6-7-17(15,16)8-4-2-1-3-5-8/h1-6H,7H2. The van der Waals surface area contributed by atoms with Gasteiger partial charge in [-0.15, -0.1) is 0 Å². The lowest BCUT2D eigenvalue weighted by Crippen LogP contribution is -2.11. The van der Waals surface area contributed by atoms with Crippen LogP contribution in [-0.4, -0.2) is 20.3 Å². The van der Waals surface area contributed by atoms with Crippen molar-refractivity contribution in [1.29, 1.82) is 0 Å². The number of hydrogen-bond donors (Lipinski definition) is 0. The predicted molar refractivity (Wildman–Crippen MR) is 53.7 cm³/mol. The summed E-state index contributed by atoms with van der Waals surface area (Å²) in [6.07, 6.45) is -5.13. The summed E-state index contributed by atoms with van der Waals surface area (Å²) in [5.74, 6) is -3.43. The molecular formula is C10H8F4O2S. The normalized spacial score (nSPS) is 13.8. The van der Waals surface area contributed by atoms with Gasteiger partial charge < -0.3 is 0 Å². The lowest BCUT2D eigenvalue weighted by Gasteiger charge is -2.03. The third-order valence-corrected chi connectivity index (χ3v) is 3.45. The van der Waals surface area contributed by atoms with E-state index in [-0.39, 0.29) is 11.0 Å². The highest BCUT2D eigenvalue weighted by molar-refractivity contribution is 7.91. The minimum Gasteiger partial charge on any atom is -0.223 e. The second kappa shape index (κ2) is 4.87. The van der Waals surface area contributed by atoms with E-state index in [2.05, 4.69) is 0 Å². The van der Waals surface area contributed by atoms with Crippen LogP contribution in [0.5, 0.6) is 0 Å². The quantitative estimate of drug-likeness (QED) is 0.790. The Morgan fingerprint density at radius 1 is 1.18 bits per heavy atom. The molecule has 7 heteroatoms. The summed E-state index contributed by atoms with van der Waals surface area (Å²) in [5.41, 5.74) is 0. The molecule has 0 aliphatic heterocycles. The largest absolute Gasteiger partial charge is 0.442 e. The Bertz CT molecular complexity index is 503. The van der Waals surface area contributed by atoms with Crippen molar-refractivity contribution in [3.05, 3.63) is 42.2 Å². The van der Waals surface area contributed by atoms with Crippen molar-refractivity contribution >= 4 is 9.84 Å². The fourth-order valence-electron chi connectivity index (χ4n) is 1.02. The van der Waals surface area contributed by atoms with Crippen molar-refractivity contribution in [3.63, 3.8) is 0 Å². The fraction of sp³-hybridized carbons (Fsp3) is 0.200.